The van der Waals surface area contributed by atoms with Crippen LogP contribution >= 0.6 is 7.60 Å². The van der Waals surface area contributed by atoms with Crippen LogP contribution in [-0.2, 0) is 59.4 Å². The van der Waals surface area contributed by atoms with Crippen molar-refractivity contribution in [3.05, 3.63) is 144 Å². The van der Waals surface area contributed by atoms with E-state index in [0.29, 0.717) is 0 Å². The number of hydrogen-bond donors (Lipinski definition) is 1. The highest BCUT2D eigenvalue weighted by atomic mass is 31.2. The van der Waals surface area contributed by atoms with Crippen LogP contribution in [0.15, 0.2) is 121 Å². The molecule has 1 saturated heterocycles. The fourth-order valence-corrected chi connectivity index (χ4v) is 6.94. The quantitative estimate of drug-likeness (QED) is 0.128. The minimum atomic E-state index is -4.61. The number of nitrogens with zero attached hydrogens (tertiary/aromatic N) is 1. The Hall–Kier alpha value is -3.66. The van der Waals surface area contributed by atoms with E-state index in [0.717, 1.165) is 27.3 Å². The van der Waals surface area contributed by atoms with Crippen molar-refractivity contribution in [2.24, 2.45) is 0 Å². The molecule has 4 aromatic rings. The van der Waals surface area contributed by atoms with E-state index in [1.54, 1.807) is 0 Å². The Morgan fingerprint density at radius 2 is 1.11 bits per heavy atom. The van der Waals surface area contributed by atoms with E-state index in [1.165, 1.54) is 6.92 Å². The third-order valence-corrected chi connectivity index (χ3v) is 9.08. The molecule has 1 aliphatic rings. The van der Waals surface area contributed by atoms with Gasteiger partial charge in [-0.1, -0.05) is 121 Å². The zero-order chi connectivity index (χ0) is 31.5. The summed E-state index contributed by atoms with van der Waals surface area (Å²) in [4.78, 5) is 30.5. The second-order valence-corrected chi connectivity index (χ2v) is 12.6. The molecule has 10 heteroatoms. The fraction of sp³-hybridized carbons (Fsp3) is 0.286. The molecule has 0 radical (unpaired) electrons. The van der Waals surface area contributed by atoms with Gasteiger partial charge in [0.25, 0.3) is 0 Å². The van der Waals surface area contributed by atoms with E-state index in [4.69, 9.17) is 23.6 Å². The maximum Gasteiger partial charge on any atom is 0.356 e. The first kappa shape index (κ1) is 32.7. The maximum absolute atomic E-state index is 14.1. The lowest BCUT2D eigenvalue weighted by molar-refractivity contribution is -0.235. The molecule has 1 fully saturated rings. The van der Waals surface area contributed by atoms with Crippen LogP contribution in [0.1, 0.15) is 29.2 Å². The van der Waals surface area contributed by atoms with E-state index < -0.39 is 37.6 Å². The minimum Gasteiger partial charge on any atom is -0.374 e. The van der Waals surface area contributed by atoms with Gasteiger partial charge < -0.3 is 19.1 Å². The Labute approximate surface area is 263 Å². The van der Waals surface area contributed by atoms with Crippen molar-refractivity contribution in [1.82, 2.24) is 5.06 Å². The van der Waals surface area contributed by atoms with Gasteiger partial charge >= 0.3 is 7.60 Å². The summed E-state index contributed by atoms with van der Waals surface area (Å²) >= 11 is 0. The molecule has 0 spiro atoms. The molecule has 9 nitrogen and oxygen atoms in total. The van der Waals surface area contributed by atoms with Crippen molar-refractivity contribution in [3.8, 4) is 0 Å². The van der Waals surface area contributed by atoms with Gasteiger partial charge in [0, 0.05) is 6.92 Å². The molecule has 5 atom stereocenters. The second-order valence-electron chi connectivity index (χ2n) is 10.7. The number of carbonyl (C=O) groups excluding carboxylic acids is 1. The number of hydrogen-bond acceptors (Lipinski definition) is 7. The lowest BCUT2D eigenvalue weighted by atomic mass is 10.1. The molecule has 236 valence electrons. The molecule has 45 heavy (non-hydrogen) atoms. The van der Waals surface area contributed by atoms with Crippen LogP contribution in [0.4, 0.5) is 0 Å². The Kier molecular flexibility index (Phi) is 11.7. The van der Waals surface area contributed by atoms with Crippen molar-refractivity contribution in [3.63, 3.8) is 0 Å². The molecule has 0 aromatic heterocycles. The molecule has 5 rings (SSSR count). The number of amides is 1. The highest BCUT2D eigenvalue weighted by molar-refractivity contribution is 7.53. The summed E-state index contributed by atoms with van der Waals surface area (Å²) in [5, 5.41) is 0.906. The van der Waals surface area contributed by atoms with Gasteiger partial charge in [-0.15, -0.1) is 0 Å². The summed E-state index contributed by atoms with van der Waals surface area (Å²) in [6.45, 7) is 1.73. The maximum atomic E-state index is 14.1. The lowest BCUT2D eigenvalue weighted by Crippen LogP contribution is -2.60. The van der Waals surface area contributed by atoms with E-state index >= 15 is 0 Å². The van der Waals surface area contributed by atoms with Crippen LogP contribution < -0.4 is 0 Å². The SMILES string of the molecule is CC(=O)N(OCc1ccccc1)[C@H]1[C@@H](OCc2ccccc2)[C@H](OCc2ccccc2)[C@@H](COCc2ccccc2)OP1(=O)O. The molecular formula is C35H38NO8P. The number of carbonyl (C=O) groups is 1. The molecule has 1 amide bonds. The monoisotopic (exact) mass is 631 g/mol. The van der Waals surface area contributed by atoms with Crippen LogP contribution in [0.2, 0.25) is 0 Å². The third-order valence-electron chi connectivity index (χ3n) is 7.33. The second kappa shape index (κ2) is 16.1. The summed E-state index contributed by atoms with van der Waals surface area (Å²) in [6, 6.07) is 37.8. The smallest absolute Gasteiger partial charge is 0.356 e. The molecule has 4 aromatic carbocycles. The molecule has 0 aliphatic carbocycles. The summed E-state index contributed by atoms with van der Waals surface area (Å²) < 4.78 is 38.8. The molecule has 1 N–H and O–H groups in total. The van der Waals surface area contributed by atoms with Gasteiger partial charge in [-0.25, -0.2) is 5.06 Å². The van der Waals surface area contributed by atoms with Crippen LogP contribution in [0.25, 0.3) is 0 Å². The molecule has 0 bridgehead atoms. The number of ether oxygens (including phenoxy) is 3. The van der Waals surface area contributed by atoms with Gasteiger partial charge in [-0.3, -0.25) is 18.7 Å². The standard InChI is InChI=1S/C35H38NO8P/c1-27(37)36(43-25-31-20-12-5-13-21-31)35-34(42-24-30-18-10-4-11-19-30)33(41-23-29-16-8-3-9-17-29)32(44-45(35,38)39)26-40-22-28-14-6-2-7-15-28/h2-21,32-35H,22-26H2,1H3,(H,38,39)/t32-,33-,34+,35-/m1/s1. The normalized spacial score (nSPS) is 23.0. The van der Waals surface area contributed by atoms with Crippen molar-refractivity contribution in [2.45, 2.75) is 57.4 Å². The van der Waals surface area contributed by atoms with Gasteiger partial charge in [-0.05, 0) is 22.3 Å². The van der Waals surface area contributed by atoms with E-state index in [1.807, 2.05) is 121 Å². The van der Waals surface area contributed by atoms with Crippen molar-refractivity contribution in [1.29, 1.82) is 0 Å². The van der Waals surface area contributed by atoms with E-state index in [-0.39, 0.29) is 33.0 Å². The van der Waals surface area contributed by atoms with Crippen LogP contribution in [0.5, 0.6) is 0 Å². The van der Waals surface area contributed by atoms with Crippen LogP contribution in [0.3, 0.4) is 0 Å². The summed E-state index contributed by atoms with van der Waals surface area (Å²) in [5.74, 6) is -2.10. The van der Waals surface area contributed by atoms with Crippen LogP contribution in [0, 0.1) is 0 Å². The topological polar surface area (TPSA) is 104 Å². The summed E-state index contributed by atoms with van der Waals surface area (Å²) in [7, 11) is -4.61. The molecular weight excluding hydrogens is 593 g/mol. The Morgan fingerprint density at radius 3 is 1.58 bits per heavy atom. The van der Waals surface area contributed by atoms with Gasteiger partial charge in [-0.2, -0.15) is 0 Å². The van der Waals surface area contributed by atoms with Crippen molar-refractivity contribution >= 4 is 13.5 Å². The van der Waals surface area contributed by atoms with Gasteiger partial charge in [0.1, 0.15) is 24.9 Å². The average Bonchev–Trinajstić information content (AvgIpc) is 3.06. The Morgan fingerprint density at radius 1 is 0.689 bits per heavy atom. The predicted octanol–water partition coefficient (Wildman–Crippen LogP) is 6.26. The first-order chi connectivity index (χ1) is 21.9. The van der Waals surface area contributed by atoms with Crippen molar-refractivity contribution < 1.29 is 37.8 Å². The first-order valence-corrected chi connectivity index (χ1v) is 16.5. The Balaban J connectivity index is 1.46. The van der Waals surface area contributed by atoms with Crippen molar-refractivity contribution in [2.75, 3.05) is 6.61 Å². The van der Waals surface area contributed by atoms with Gasteiger partial charge in [0.2, 0.25) is 5.91 Å². The van der Waals surface area contributed by atoms with Crippen LogP contribution in [-0.4, -0.2) is 46.6 Å². The first-order valence-electron chi connectivity index (χ1n) is 14.8. The zero-order valence-electron chi connectivity index (χ0n) is 25.1. The average molecular weight is 632 g/mol. The predicted molar refractivity (Wildman–Crippen MR) is 168 cm³/mol. The molecule has 0 saturated carbocycles. The van der Waals surface area contributed by atoms with Gasteiger partial charge in [0.05, 0.1) is 26.4 Å². The van der Waals surface area contributed by atoms with Gasteiger partial charge in [0.15, 0.2) is 5.78 Å². The lowest BCUT2D eigenvalue weighted by Gasteiger charge is -2.46. The number of hydroxylamine groups is 2. The minimum absolute atomic E-state index is 0.0124. The number of rotatable bonds is 14. The fourth-order valence-electron chi connectivity index (χ4n) is 5.13. The Bertz CT molecular complexity index is 1510. The van der Waals surface area contributed by atoms with E-state index in [2.05, 4.69) is 0 Å². The molecule has 1 heterocycles. The highest BCUT2D eigenvalue weighted by Gasteiger charge is 2.57. The number of benzene rings is 4. The summed E-state index contributed by atoms with van der Waals surface area (Å²) in [5.41, 5.74) is 3.45. The van der Waals surface area contributed by atoms with E-state index in [9.17, 15) is 14.3 Å². The molecule has 1 aliphatic heterocycles. The summed E-state index contributed by atoms with van der Waals surface area (Å²) in [6.07, 6.45) is -3.03. The molecule has 1 unspecified atom stereocenters. The largest absolute Gasteiger partial charge is 0.374 e. The highest BCUT2D eigenvalue weighted by Crippen LogP contribution is 2.57. The zero-order valence-corrected chi connectivity index (χ0v) is 26.0. The third kappa shape index (κ3) is 9.19.